The van der Waals surface area contributed by atoms with Crippen LogP contribution in [0.5, 0.6) is 5.75 Å². The van der Waals surface area contributed by atoms with E-state index in [9.17, 15) is 4.79 Å². The molecule has 1 amide bonds. The summed E-state index contributed by atoms with van der Waals surface area (Å²) in [5.41, 5.74) is 2.25. The van der Waals surface area contributed by atoms with E-state index in [0.29, 0.717) is 17.0 Å². The fourth-order valence-electron chi connectivity index (χ4n) is 2.01. The molecule has 0 aromatic heterocycles. The van der Waals surface area contributed by atoms with E-state index in [1.165, 1.54) is 0 Å². The van der Waals surface area contributed by atoms with Crippen molar-refractivity contribution in [3.05, 3.63) is 59.7 Å². The predicted octanol–water partition coefficient (Wildman–Crippen LogP) is 3.53. The highest BCUT2D eigenvalue weighted by Gasteiger charge is 2.15. The van der Waals surface area contributed by atoms with Gasteiger partial charge in [0.15, 0.2) is 6.10 Å². The molecule has 0 heterocycles. The summed E-state index contributed by atoms with van der Waals surface area (Å²) in [6.45, 7) is 3.76. The van der Waals surface area contributed by atoms with Crippen LogP contribution in [0.3, 0.4) is 0 Å². The van der Waals surface area contributed by atoms with E-state index in [2.05, 4.69) is 12.2 Å². The lowest BCUT2D eigenvalue weighted by Gasteiger charge is -2.15. The van der Waals surface area contributed by atoms with Crippen molar-refractivity contribution in [1.82, 2.24) is 0 Å². The number of anilines is 1. The topological polar surface area (TPSA) is 62.1 Å². The van der Waals surface area contributed by atoms with Crippen molar-refractivity contribution in [2.24, 2.45) is 0 Å². The number of nitriles is 1. The average Bonchev–Trinajstić information content (AvgIpc) is 2.55. The zero-order chi connectivity index (χ0) is 15.9. The number of rotatable bonds is 5. The Morgan fingerprint density at radius 3 is 2.77 bits per heavy atom. The lowest BCUT2D eigenvalue weighted by atomic mass is 10.1. The van der Waals surface area contributed by atoms with E-state index in [-0.39, 0.29) is 5.91 Å². The van der Waals surface area contributed by atoms with Gasteiger partial charge in [0.1, 0.15) is 5.75 Å². The molecule has 0 saturated heterocycles. The Labute approximate surface area is 130 Å². The SMILES string of the molecule is CCc1cccc(OC(C)C(=O)Nc2cccc(C#N)c2)c1. The normalized spacial score (nSPS) is 11.3. The van der Waals surface area contributed by atoms with Crippen LogP contribution in [0.25, 0.3) is 0 Å². The number of carbonyl (C=O) groups is 1. The standard InChI is InChI=1S/C18H18N2O2/c1-3-14-6-5-9-17(11-14)22-13(2)18(21)20-16-8-4-7-15(10-16)12-19/h4-11,13H,3H2,1-2H3,(H,20,21). The molecule has 2 aromatic carbocycles. The molecular formula is C18H18N2O2. The highest BCUT2D eigenvalue weighted by Crippen LogP contribution is 2.16. The van der Waals surface area contributed by atoms with Gasteiger partial charge >= 0.3 is 0 Å². The van der Waals surface area contributed by atoms with Crippen LogP contribution >= 0.6 is 0 Å². The molecule has 1 unspecified atom stereocenters. The second kappa shape index (κ2) is 7.28. The third-order valence-electron chi connectivity index (χ3n) is 3.25. The number of nitrogens with zero attached hydrogens (tertiary/aromatic N) is 1. The minimum atomic E-state index is -0.627. The van der Waals surface area contributed by atoms with Gasteiger partial charge in [0, 0.05) is 5.69 Å². The third kappa shape index (κ3) is 4.10. The largest absolute Gasteiger partial charge is 0.481 e. The van der Waals surface area contributed by atoms with Gasteiger partial charge in [-0.2, -0.15) is 5.26 Å². The molecule has 4 nitrogen and oxygen atoms in total. The molecule has 0 aliphatic carbocycles. The summed E-state index contributed by atoms with van der Waals surface area (Å²) in [6.07, 6.45) is 0.288. The number of nitrogens with one attached hydrogen (secondary N) is 1. The summed E-state index contributed by atoms with van der Waals surface area (Å²) >= 11 is 0. The second-order valence-electron chi connectivity index (χ2n) is 4.94. The summed E-state index contributed by atoms with van der Waals surface area (Å²) in [7, 11) is 0. The van der Waals surface area contributed by atoms with Crippen LogP contribution < -0.4 is 10.1 Å². The van der Waals surface area contributed by atoms with Gasteiger partial charge < -0.3 is 10.1 Å². The molecule has 0 bridgehead atoms. The fraction of sp³-hybridized carbons (Fsp3) is 0.222. The Morgan fingerprint density at radius 2 is 2.05 bits per heavy atom. The minimum absolute atomic E-state index is 0.253. The highest BCUT2D eigenvalue weighted by atomic mass is 16.5. The number of hydrogen-bond donors (Lipinski definition) is 1. The lowest BCUT2D eigenvalue weighted by Crippen LogP contribution is -2.30. The van der Waals surface area contributed by atoms with E-state index >= 15 is 0 Å². The molecule has 0 fully saturated rings. The first kappa shape index (κ1) is 15.6. The smallest absolute Gasteiger partial charge is 0.265 e. The van der Waals surface area contributed by atoms with Crippen LogP contribution in [0.4, 0.5) is 5.69 Å². The van der Waals surface area contributed by atoms with Gasteiger partial charge in [-0.25, -0.2) is 0 Å². The number of carbonyl (C=O) groups excluding carboxylic acids is 1. The Hall–Kier alpha value is -2.80. The Bertz CT molecular complexity index is 704. The first-order valence-corrected chi connectivity index (χ1v) is 7.19. The summed E-state index contributed by atoms with van der Waals surface area (Å²) in [4.78, 5) is 12.2. The maximum absolute atomic E-state index is 12.2. The van der Waals surface area contributed by atoms with E-state index in [1.54, 1.807) is 31.2 Å². The molecule has 2 aromatic rings. The highest BCUT2D eigenvalue weighted by molar-refractivity contribution is 5.94. The lowest BCUT2D eigenvalue weighted by molar-refractivity contribution is -0.122. The first-order chi connectivity index (χ1) is 10.6. The van der Waals surface area contributed by atoms with Crippen molar-refractivity contribution in [3.8, 4) is 11.8 Å². The molecule has 0 radical (unpaired) electrons. The Morgan fingerprint density at radius 1 is 1.27 bits per heavy atom. The molecule has 112 valence electrons. The van der Waals surface area contributed by atoms with Gasteiger partial charge in [0.05, 0.1) is 11.6 Å². The number of hydrogen-bond acceptors (Lipinski definition) is 3. The van der Waals surface area contributed by atoms with Crippen LogP contribution in [0.2, 0.25) is 0 Å². The van der Waals surface area contributed by atoms with Crippen molar-refractivity contribution in [1.29, 1.82) is 5.26 Å². The molecule has 1 atom stereocenters. The summed E-state index contributed by atoms with van der Waals surface area (Å²) < 4.78 is 5.67. The van der Waals surface area contributed by atoms with Gasteiger partial charge in [-0.05, 0) is 49.2 Å². The molecule has 0 spiro atoms. The van der Waals surface area contributed by atoms with Crippen molar-refractivity contribution >= 4 is 11.6 Å². The first-order valence-electron chi connectivity index (χ1n) is 7.19. The van der Waals surface area contributed by atoms with Gasteiger partial charge in [0.25, 0.3) is 5.91 Å². The summed E-state index contributed by atoms with van der Waals surface area (Å²) in [6, 6.07) is 16.5. The Kier molecular flexibility index (Phi) is 5.16. The van der Waals surface area contributed by atoms with Crippen LogP contribution in [0.1, 0.15) is 25.0 Å². The van der Waals surface area contributed by atoms with E-state index < -0.39 is 6.10 Å². The van der Waals surface area contributed by atoms with Gasteiger partial charge in [-0.15, -0.1) is 0 Å². The quantitative estimate of drug-likeness (QED) is 0.917. The summed E-state index contributed by atoms with van der Waals surface area (Å²) in [5.74, 6) is 0.421. The van der Waals surface area contributed by atoms with E-state index in [4.69, 9.17) is 10.00 Å². The van der Waals surface area contributed by atoms with Crippen LogP contribution in [0, 0.1) is 11.3 Å². The van der Waals surface area contributed by atoms with Gasteiger partial charge in [-0.1, -0.05) is 25.1 Å². The molecule has 1 N–H and O–H groups in total. The van der Waals surface area contributed by atoms with Crippen molar-refractivity contribution < 1.29 is 9.53 Å². The maximum Gasteiger partial charge on any atom is 0.265 e. The second-order valence-corrected chi connectivity index (χ2v) is 4.94. The number of benzene rings is 2. The van der Waals surface area contributed by atoms with Crippen molar-refractivity contribution in [2.45, 2.75) is 26.4 Å². The molecular weight excluding hydrogens is 276 g/mol. The van der Waals surface area contributed by atoms with Crippen molar-refractivity contribution in [2.75, 3.05) is 5.32 Å². The van der Waals surface area contributed by atoms with E-state index in [1.807, 2.05) is 30.3 Å². The summed E-state index contributed by atoms with van der Waals surface area (Å²) in [5, 5.41) is 11.6. The third-order valence-corrected chi connectivity index (χ3v) is 3.25. The van der Waals surface area contributed by atoms with Crippen LogP contribution in [-0.2, 0) is 11.2 Å². The Balaban J connectivity index is 2.01. The molecule has 4 heteroatoms. The zero-order valence-corrected chi connectivity index (χ0v) is 12.7. The van der Waals surface area contributed by atoms with Crippen LogP contribution in [-0.4, -0.2) is 12.0 Å². The molecule has 0 aliphatic heterocycles. The fourth-order valence-corrected chi connectivity index (χ4v) is 2.01. The minimum Gasteiger partial charge on any atom is -0.481 e. The zero-order valence-electron chi connectivity index (χ0n) is 12.7. The monoisotopic (exact) mass is 294 g/mol. The van der Waals surface area contributed by atoms with Gasteiger partial charge in [-0.3, -0.25) is 4.79 Å². The average molecular weight is 294 g/mol. The van der Waals surface area contributed by atoms with Gasteiger partial charge in [0.2, 0.25) is 0 Å². The van der Waals surface area contributed by atoms with Crippen molar-refractivity contribution in [3.63, 3.8) is 0 Å². The molecule has 2 rings (SSSR count). The van der Waals surface area contributed by atoms with E-state index in [0.717, 1.165) is 12.0 Å². The van der Waals surface area contributed by atoms with Crippen LogP contribution in [0.15, 0.2) is 48.5 Å². The number of amides is 1. The molecule has 0 aliphatic rings. The molecule has 0 saturated carbocycles. The number of aryl methyl sites for hydroxylation is 1. The predicted molar refractivity (Wildman–Crippen MR) is 85.7 cm³/mol. The molecule has 22 heavy (non-hydrogen) atoms. The maximum atomic E-state index is 12.2. The number of ether oxygens (including phenoxy) is 1.